The molecule has 0 saturated heterocycles. The molecule has 218 valence electrons. The number of nitrogens with two attached hydrogens (primary N) is 3. The molecule has 0 aliphatic heterocycles. The van der Waals surface area contributed by atoms with Crippen LogP contribution in [0.2, 0.25) is 0 Å². The molecule has 0 radical (unpaired) electrons. The van der Waals surface area contributed by atoms with E-state index in [0.717, 1.165) is 30.3 Å². The van der Waals surface area contributed by atoms with Crippen LogP contribution in [0.3, 0.4) is 0 Å². The number of aromatic nitrogens is 4. The van der Waals surface area contributed by atoms with Gasteiger partial charge < -0.3 is 27.7 Å². The van der Waals surface area contributed by atoms with Gasteiger partial charge in [-0.25, -0.2) is 15.0 Å². The van der Waals surface area contributed by atoms with Crippen molar-refractivity contribution in [3.8, 4) is 22.8 Å². The average Bonchev–Trinajstić information content (AvgIpc) is 3.66. The summed E-state index contributed by atoms with van der Waals surface area (Å²) < 4.78 is 1.97. The van der Waals surface area contributed by atoms with Gasteiger partial charge in [-0.1, -0.05) is 6.07 Å². The number of hydrogen-bond donors (Lipinski definition) is 6. The molecule has 1 amide bonds. The van der Waals surface area contributed by atoms with E-state index in [4.69, 9.17) is 32.4 Å². The standard InChI is InChI=1S/C22H19N7.C8H7NO3.CH5N/c23-12-17(24)18-8-9-19-22(27-18)29(15-7-6-13-3-1-4-14(13)11-15)21(28-19)16-5-2-10-26-20(16)25;9-8(12)5-1-2-7(11)6(3-5)4-10;1-2/h2,5-12,23-24H,1,3-4H2,(H2,25,26);1-4,11H,(H2,9,12);2H2,1H3. The van der Waals surface area contributed by atoms with Crippen molar-refractivity contribution >= 4 is 41.1 Å². The molecule has 1 aliphatic rings. The summed E-state index contributed by atoms with van der Waals surface area (Å²) >= 11 is 0. The first-order valence-corrected chi connectivity index (χ1v) is 13.3. The van der Waals surface area contributed by atoms with Gasteiger partial charge in [-0.05, 0) is 92.0 Å². The van der Waals surface area contributed by atoms with Crippen molar-refractivity contribution in [1.82, 2.24) is 19.5 Å². The van der Waals surface area contributed by atoms with E-state index in [2.05, 4.69) is 33.9 Å². The van der Waals surface area contributed by atoms with Crippen LogP contribution >= 0.6 is 0 Å². The van der Waals surface area contributed by atoms with Crippen molar-refractivity contribution in [2.24, 2.45) is 11.5 Å². The number of phenolic OH excluding ortho intramolecular Hbond substituents is 1. The topological polar surface area (TPSA) is 224 Å². The number of nitrogen functional groups attached to an aromatic ring is 1. The number of amides is 1. The third-order valence-electron chi connectivity index (χ3n) is 6.78. The summed E-state index contributed by atoms with van der Waals surface area (Å²) in [4.78, 5) is 34.6. The number of aryl methyl sites for hydroxylation is 2. The van der Waals surface area contributed by atoms with Gasteiger partial charge in [-0.3, -0.25) is 19.6 Å². The zero-order chi connectivity index (χ0) is 31.1. The van der Waals surface area contributed by atoms with E-state index in [-0.39, 0.29) is 22.6 Å². The van der Waals surface area contributed by atoms with Crippen LogP contribution in [-0.2, 0) is 12.8 Å². The molecule has 3 heterocycles. The predicted octanol–water partition coefficient (Wildman–Crippen LogP) is 3.45. The number of aldehydes is 1. The first kappa shape index (κ1) is 30.2. The Bertz CT molecular complexity index is 1850. The molecule has 5 aromatic rings. The summed E-state index contributed by atoms with van der Waals surface area (Å²) in [6.45, 7) is 0. The Kier molecular flexibility index (Phi) is 9.33. The summed E-state index contributed by atoms with van der Waals surface area (Å²) in [5, 5.41) is 24.4. The zero-order valence-electron chi connectivity index (χ0n) is 23.4. The monoisotopic (exact) mass is 577 g/mol. The fourth-order valence-corrected chi connectivity index (χ4v) is 4.71. The van der Waals surface area contributed by atoms with Gasteiger partial charge in [0, 0.05) is 23.7 Å². The number of nitrogens with one attached hydrogen (secondary N) is 2. The maximum atomic E-state index is 10.6. The maximum absolute atomic E-state index is 10.6. The SMILES string of the molecule is CN.N=CC(=N)c1ccc2nc(-c3cccnc3N)n(-c3ccc4c(c3)CCC4)c2n1.NC(=O)c1ccc(O)c(C=O)c1. The first-order valence-electron chi connectivity index (χ1n) is 13.3. The second-order valence-corrected chi connectivity index (χ2v) is 9.37. The molecule has 43 heavy (non-hydrogen) atoms. The van der Waals surface area contributed by atoms with E-state index < -0.39 is 5.91 Å². The number of fused-ring (bicyclic) bond motifs is 2. The molecule has 2 aromatic carbocycles. The van der Waals surface area contributed by atoms with Crippen LogP contribution in [0, 0.1) is 10.8 Å². The van der Waals surface area contributed by atoms with Gasteiger partial charge in [0.15, 0.2) is 17.8 Å². The van der Waals surface area contributed by atoms with Crippen LogP contribution in [0.5, 0.6) is 5.75 Å². The quantitative estimate of drug-likeness (QED) is 0.129. The fourth-order valence-electron chi connectivity index (χ4n) is 4.71. The van der Waals surface area contributed by atoms with E-state index in [1.807, 2.05) is 22.8 Å². The Labute approximate surface area is 247 Å². The van der Waals surface area contributed by atoms with E-state index in [1.54, 1.807) is 12.3 Å². The minimum absolute atomic E-state index is 0.0519. The molecule has 0 unspecified atom stereocenters. The molecule has 3 aromatic heterocycles. The number of carbonyl (C=O) groups is 2. The van der Waals surface area contributed by atoms with Gasteiger partial charge in [0.1, 0.15) is 17.1 Å². The minimum Gasteiger partial charge on any atom is -0.507 e. The summed E-state index contributed by atoms with van der Waals surface area (Å²) in [6, 6.07) is 17.6. The molecule has 1 aliphatic carbocycles. The number of rotatable bonds is 6. The number of aromatic hydroxyl groups is 1. The Hall–Kier alpha value is -5.75. The zero-order valence-corrected chi connectivity index (χ0v) is 23.4. The fraction of sp³-hybridized carbons (Fsp3) is 0.129. The summed E-state index contributed by atoms with van der Waals surface area (Å²) in [5.41, 5.74) is 22.1. The van der Waals surface area contributed by atoms with Crippen molar-refractivity contribution in [1.29, 1.82) is 10.8 Å². The number of phenols is 1. The van der Waals surface area contributed by atoms with E-state index in [9.17, 15) is 9.59 Å². The number of carbonyl (C=O) groups excluding carboxylic acids is 2. The van der Waals surface area contributed by atoms with Crippen LogP contribution < -0.4 is 17.2 Å². The van der Waals surface area contributed by atoms with Crippen molar-refractivity contribution < 1.29 is 14.7 Å². The highest BCUT2D eigenvalue weighted by atomic mass is 16.3. The van der Waals surface area contributed by atoms with Crippen molar-refractivity contribution in [2.45, 2.75) is 19.3 Å². The number of imidazole rings is 1. The molecule has 9 N–H and O–H groups in total. The molecular weight excluding hydrogens is 546 g/mol. The van der Waals surface area contributed by atoms with E-state index >= 15 is 0 Å². The molecule has 12 heteroatoms. The molecule has 12 nitrogen and oxygen atoms in total. The molecular formula is C31H31N9O3. The number of nitrogens with zero attached hydrogens (tertiary/aromatic N) is 4. The van der Waals surface area contributed by atoms with Crippen LogP contribution in [-0.4, -0.2) is 55.8 Å². The summed E-state index contributed by atoms with van der Waals surface area (Å²) in [5.74, 6) is 0.278. The Balaban J connectivity index is 0.000000255. The highest BCUT2D eigenvalue weighted by Gasteiger charge is 2.20. The number of primary amides is 1. The van der Waals surface area contributed by atoms with Crippen LogP contribution in [0.15, 0.2) is 66.9 Å². The highest BCUT2D eigenvalue weighted by molar-refractivity contribution is 6.35. The minimum atomic E-state index is -0.627. The van der Waals surface area contributed by atoms with E-state index in [1.165, 1.54) is 42.8 Å². The van der Waals surface area contributed by atoms with Gasteiger partial charge in [-0.2, -0.15) is 0 Å². The molecule has 0 fully saturated rings. The van der Waals surface area contributed by atoms with Crippen molar-refractivity contribution in [3.05, 3.63) is 94.8 Å². The molecule has 0 bridgehead atoms. The Morgan fingerprint density at radius 1 is 1.02 bits per heavy atom. The second-order valence-electron chi connectivity index (χ2n) is 9.37. The predicted molar refractivity (Wildman–Crippen MR) is 166 cm³/mol. The molecule has 0 spiro atoms. The first-order chi connectivity index (χ1) is 20.8. The second kappa shape index (κ2) is 13.3. The van der Waals surface area contributed by atoms with Crippen LogP contribution in [0.1, 0.15) is 44.0 Å². The third-order valence-corrected chi connectivity index (χ3v) is 6.78. The maximum Gasteiger partial charge on any atom is 0.248 e. The normalized spacial score (nSPS) is 11.4. The van der Waals surface area contributed by atoms with Crippen LogP contribution in [0.25, 0.3) is 28.2 Å². The highest BCUT2D eigenvalue weighted by Crippen LogP contribution is 2.32. The lowest BCUT2D eigenvalue weighted by atomic mass is 10.1. The van der Waals surface area contributed by atoms with Gasteiger partial charge in [0.05, 0.1) is 22.5 Å². The number of pyridine rings is 2. The largest absolute Gasteiger partial charge is 0.507 e. The van der Waals surface area contributed by atoms with E-state index in [0.29, 0.717) is 34.8 Å². The lowest BCUT2D eigenvalue weighted by Crippen LogP contribution is -2.10. The lowest BCUT2D eigenvalue weighted by Gasteiger charge is -2.12. The average molecular weight is 578 g/mol. The number of hydrogen-bond acceptors (Lipinski definition) is 10. The van der Waals surface area contributed by atoms with Gasteiger partial charge in [0.2, 0.25) is 5.91 Å². The number of benzene rings is 2. The van der Waals surface area contributed by atoms with Crippen molar-refractivity contribution in [3.63, 3.8) is 0 Å². The Morgan fingerprint density at radius 3 is 2.49 bits per heavy atom. The smallest absolute Gasteiger partial charge is 0.248 e. The van der Waals surface area contributed by atoms with Gasteiger partial charge in [0.25, 0.3) is 0 Å². The van der Waals surface area contributed by atoms with Crippen molar-refractivity contribution in [2.75, 3.05) is 12.8 Å². The molecule has 6 rings (SSSR count). The number of anilines is 1. The lowest BCUT2D eigenvalue weighted by molar-refractivity contribution is 0.1000. The van der Waals surface area contributed by atoms with Gasteiger partial charge in [-0.15, -0.1) is 0 Å². The summed E-state index contributed by atoms with van der Waals surface area (Å²) in [7, 11) is 1.50. The molecule has 0 saturated carbocycles. The summed E-state index contributed by atoms with van der Waals surface area (Å²) in [6.07, 6.45) is 6.46. The molecule has 0 atom stereocenters. The Morgan fingerprint density at radius 2 is 1.79 bits per heavy atom. The third kappa shape index (κ3) is 6.29. The van der Waals surface area contributed by atoms with Gasteiger partial charge >= 0.3 is 0 Å². The van der Waals surface area contributed by atoms with Crippen LogP contribution in [0.4, 0.5) is 5.82 Å².